The minimum atomic E-state index is -0.995. The molecule has 1 aliphatic heterocycles. The molecule has 3 heterocycles. The van der Waals surface area contributed by atoms with Gasteiger partial charge in [0.2, 0.25) is 0 Å². The van der Waals surface area contributed by atoms with Gasteiger partial charge < -0.3 is 14.6 Å². The van der Waals surface area contributed by atoms with E-state index in [1.54, 1.807) is 56.4 Å². The zero-order valence-corrected chi connectivity index (χ0v) is 21.0. The van der Waals surface area contributed by atoms with Crippen LogP contribution in [0.4, 0.5) is 5.13 Å². The summed E-state index contributed by atoms with van der Waals surface area (Å²) in [5.41, 5.74) is 1.13. The maximum Gasteiger partial charge on any atom is 0.350 e. The Kier molecular flexibility index (Phi) is 7.16. The van der Waals surface area contributed by atoms with E-state index in [0.29, 0.717) is 22.6 Å². The van der Waals surface area contributed by atoms with Gasteiger partial charge in [0.1, 0.15) is 16.4 Å². The highest BCUT2D eigenvalue weighted by atomic mass is 32.1. The first-order chi connectivity index (χ1) is 17.2. The summed E-state index contributed by atoms with van der Waals surface area (Å²) in [5, 5.41) is 11.4. The van der Waals surface area contributed by atoms with Crippen LogP contribution in [0.25, 0.3) is 5.76 Å². The number of aliphatic hydroxyl groups excluding tert-OH is 1. The van der Waals surface area contributed by atoms with Crippen LogP contribution in [-0.2, 0) is 14.3 Å². The van der Waals surface area contributed by atoms with Gasteiger partial charge in [0.15, 0.2) is 5.13 Å². The largest absolute Gasteiger partial charge is 0.507 e. The minimum Gasteiger partial charge on any atom is -0.507 e. The van der Waals surface area contributed by atoms with Crippen molar-refractivity contribution in [2.75, 3.05) is 11.5 Å². The van der Waals surface area contributed by atoms with Crippen molar-refractivity contribution in [2.45, 2.75) is 39.8 Å². The van der Waals surface area contributed by atoms with Gasteiger partial charge in [-0.2, -0.15) is 0 Å². The van der Waals surface area contributed by atoms with Crippen LogP contribution in [0.5, 0.6) is 5.75 Å². The third-order valence-corrected chi connectivity index (χ3v) is 6.53. The first-order valence-corrected chi connectivity index (χ1v) is 12.2. The highest BCUT2D eigenvalue weighted by Crippen LogP contribution is 2.43. The van der Waals surface area contributed by atoms with E-state index in [2.05, 4.69) is 9.97 Å². The third-order valence-electron chi connectivity index (χ3n) is 5.40. The van der Waals surface area contributed by atoms with Crippen LogP contribution >= 0.6 is 11.3 Å². The van der Waals surface area contributed by atoms with Gasteiger partial charge in [-0.3, -0.25) is 19.5 Å². The van der Waals surface area contributed by atoms with E-state index in [9.17, 15) is 19.5 Å². The molecule has 1 fully saturated rings. The molecule has 0 spiro atoms. The van der Waals surface area contributed by atoms with Gasteiger partial charge in [0.05, 0.1) is 30.0 Å². The van der Waals surface area contributed by atoms with Crippen LogP contribution in [0.15, 0.2) is 54.4 Å². The van der Waals surface area contributed by atoms with Crippen LogP contribution in [0.1, 0.15) is 53.3 Å². The number of ketones is 1. The number of anilines is 1. The lowest BCUT2D eigenvalue weighted by molar-refractivity contribution is -0.132. The molecule has 1 amide bonds. The molecule has 0 radical (unpaired) electrons. The summed E-state index contributed by atoms with van der Waals surface area (Å²) in [6, 6.07) is 8.98. The molecule has 9 nitrogen and oxygen atoms in total. The number of carbonyl (C=O) groups is 3. The molecule has 10 heteroatoms. The van der Waals surface area contributed by atoms with Crippen molar-refractivity contribution in [1.82, 2.24) is 9.97 Å². The lowest BCUT2D eigenvalue weighted by atomic mass is 9.96. The van der Waals surface area contributed by atoms with Crippen LogP contribution in [0.2, 0.25) is 0 Å². The standard InChI is InChI=1S/C26H25N3O6S/c1-5-34-25(33)23-15(4)28-26(36-23)29-20(17-7-6-12-27-13-17)19(22(31)24(29)32)21(30)16-8-10-18(11-9-16)35-14(2)3/h6-14,20,30H,5H2,1-4H3/t20-/m0/s1. The number of amides is 1. The first-order valence-electron chi connectivity index (χ1n) is 11.4. The molecule has 0 unspecified atom stereocenters. The average Bonchev–Trinajstić information content (AvgIpc) is 3.36. The van der Waals surface area contributed by atoms with Gasteiger partial charge in [-0.05, 0) is 63.6 Å². The number of rotatable bonds is 7. The molecule has 0 saturated carbocycles. The van der Waals surface area contributed by atoms with Crippen molar-refractivity contribution in [3.63, 3.8) is 0 Å². The maximum absolute atomic E-state index is 13.3. The Morgan fingerprint density at radius 1 is 1.19 bits per heavy atom. The summed E-state index contributed by atoms with van der Waals surface area (Å²) < 4.78 is 10.7. The number of ether oxygens (including phenoxy) is 2. The van der Waals surface area contributed by atoms with Gasteiger partial charge >= 0.3 is 11.9 Å². The smallest absolute Gasteiger partial charge is 0.350 e. The van der Waals surface area contributed by atoms with Crippen LogP contribution in [0.3, 0.4) is 0 Å². The molecule has 1 aromatic carbocycles. The summed E-state index contributed by atoms with van der Waals surface area (Å²) in [4.78, 5) is 48.8. The number of hydrogen-bond acceptors (Lipinski definition) is 9. The predicted octanol–water partition coefficient (Wildman–Crippen LogP) is 4.44. The number of Topliss-reactive ketones (excluding diaryl/α,β-unsaturated/α-hetero) is 1. The highest BCUT2D eigenvalue weighted by molar-refractivity contribution is 7.17. The number of nitrogens with zero attached hydrogens (tertiary/aromatic N) is 3. The molecular formula is C26H25N3O6S. The zero-order chi connectivity index (χ0) is 26.0. The minimum absolute atomic E-state index is 0.0263. The van der Waals surface area contributed by atoms with Gasteiger partial charge in [-0.15, -0.1) is 0 Å². The topological polar surface area (TPSA) is 119 Å². The van der Waals surface area contributed by atoms with Crippen molar-refractivity contribution >= 4 is 39.9 Å². The number of hydrogen-bond donors (Lipinski definition) is 1. The summed E-state index contributed by atoms with van der Waals surface area (Å²) in [6.45, 7) is 7.31. The van der Waals surface area contributed by atoms with Gasteiger partial charge in [0.25, 0.3) is 5.78 Å². The van der Waals surface area contributed by atoms with Gasteiger partial charge in [0, 0.05) is 18.0 Å². The van der Waals surface area contributed by atoms with Crippen molar-refractivity contribution in [3.8, 4) is 5.75 Å². The molecule has 4 rings (SSSR count). The van der Waals surface area contributed by atoms with Gasteiger partial charge in [-0.25, -0.2) is 9.78 Å². The Morgan fingerprint density at radius 2 is 1.92 bits per heavy atom. The lowest BCUT2D eigenvalue weighted by Gasteiger charge is -2.22. The summed E-state index contributed by atoms with van der Waals surface area (Å²) in [7, 11) is 0. The Bertz CT molecular complexity index is 1330. The second kappa shape index (κ2) is 10.3. The monoisotopic (exact) mass is 507 g/mol. The van der Waals surface area contributed by atoms with E-state index < -0.39 is 23.7 Å². The third kappa shape index (κ3) is 4.72. The molecule has 36 heavy (non-hydrogen) atoms. The quantitative estimate of drug-likeness (QED) is 0.216. The van der Waals surface area contributed by atoms with Crippen LogP contribution in [0, 0.1) is 6.92 Å². The fourth-order valence-electron chi connectivity index (χ4n) is 3.87. The first kappa shape index (κ1) is 25.1. The van der Waals surface area contributed by atoms with E-state index in [-0.39, 0.29) is 34.1 Å². The molecule has 1 aliphatic rings. The van der Waals surface area contributed by atoms with Crippen molar-refractivity contribution in [2.24, 2.45) is 0 Å². The summed E-state index contributed by atoms with van der Waals surface area (Å²) >= 11 is 0.952. The fraction of sp³-hybridized carbons (Fsp3) is 0.269. The molecule has 1 atom stereocenters. The number of aryl methyl sites for hydroxylation is 1. The zero-order valence-electron chi connectivity index (χ0n) is 20.2. The van der Waals surface area contributed by atoms with E-state index in [4.69, 9.17) is 9.47 Å². The van der Waals surface area contributed by atoms with Crippen LogP contribution in [-0.4, -0.2) is 45.4 Å². The second-order valence-corrected chi connectivity index (χ2v) is 9.26. The Balaban J connectivity index is 1.83. The summed E-state index contributed by atoms with van der Waals surface area (Å²) in [6.07, 6.45) is 3.06. The molecular weight excluding hydrogens is 482 g/mol. The number of aliphatic hydroxyl groups is 1. The number of thiazole rings is 1. The van der Waals surface area contributed by atoms with Crippen molar-refractivity contribution in [1.29, 1.82) is 0 Å². The van der Waals surface area contributed by atoms with E-state index in [1.807, 2.05) is 13.8 Å². The van der Waals surface area contributed by atoms with Gasteiger partial charge in [-0.1, -0.05) is 17.4 Å². The molecule has 0 bridgehead atoms. The number of esters is 1. The molecule has 2 aromatic heterocycles. The van der Waals surface area contributed by atoms with Crippen molar-refractivity contribution in [3.05, 3.63) is 76.1 Å². The van der Waals surface area contributed by atoms with E-state index in [0.717, 1.165) is 11.3 Å². The Hall–Kier alpha value is -4.05. The van der Waals surface area contributed by atoms with E-state index in [1.165, 1.54) is 11.1 Å². The second-order valence-electron chi connectivity index (χ2n) is 8.28. The number of carbonyl (C=O) groups excluding carboxylic acids is 3. The van der Waals surface area contributed by atoms with Crippen molar-refractivity contribution < 1.29 is 29.0 Å². The number of aromatic nitrogens is 2. The predicted molar refractivity (Wildman–Crippen MR) is 134 cm³/mol. The number of pyridine rings is 1. The maximum atomic E-state index is 13.3. The normalized spacial score (nSPS) is 17.0. The number of benzene rings is 1. The molecule has 0 aliphatic carbocycles. The summed E-state index contributed by atoms with van der Waals surface area (Å²) in [5.74, 6) is -2.02. The van der Waals surface area contributed by atoms with Crippen LogP contribution < -0.4 is 9.64 Å². The SMILES string of the molecule is CCOC(=O)c1sc(N2C(=O)C(=O)C(=C(O)c3ccc(OC(C)C)cc3)[C@@H]2c2cccnc2)nc1C. The lowest BCUT2D eigenvalue weighted by Crippen LogP contribution is -2.29. The Labute approximate surface area is 212 Å². The molecule has 1 saturated heterocycles. The van der Waals surface area contributed by atoms with E-state index >= 15 is 0 Å². The highest BCUT2D eigenvalue weighted by Gasteiger charge is 2.48. The molecule has 3 aromatic rings. The fourth-order valence-corrected chi connectivity index (χ4v) is 4.86. The Morgan fingerprint density at radius 3 is 2.53 bits per heavy atom. The molecule has 186 valence electrons. The molecule has 1 N–H and O–H groups in total. The average molecular weight is 508 g/mol.